The van der Waals surface area contributed by atoms with E-state index in [2.05, 4.69) is 18.7 Å². The molecule has 3 atom stereocenters. The van der Waals surface area contributed by atoms with Gasteiger partial charge in [0.05, 0.1) is 6.10 Å². The van der Waals surface area contributed by atoms with Crippen LogP contribution < -0.4 is 0 Å². The molecule has 0 radical (unpaired) electrons. The summed E-state index contributed by atoms with van der Waals surface area (Å²) >= 11 is 5.53. The van der Waals surface area contributed by atoms with Gasteiger partial charge in [-0.05, 0) is 11.8 Å². The zero-order valence-electron chi connectivity index (χ0n) is 7.83. The lowest BCUT2D eigenvalue weighted by molar-refractivity contribution is 0.140. The fourth-order valence-electron chi connectivity index (χ4n) is 1.74. The van der Waals surface area contributed by atoms with Crippen molar-refractivity contribution >= 4 is 11.6 Å². The number of nitrogens with zero attached hydrogens (tertiary/aromatic N) is 1. The minimum absolute atomic E-state index is 0.346. The Morgan fingerprint density at radius 3 is 2.33 bits per heavy atom. The molecule has 12 heavy (non-hydrogen) atoms. The van der Waals surface area contributed by atoms with Crippen LogP contribution in [0.3, 0.4) is 0 Å². The predicted octanol–water partition coefficient (Wildman–Crippen LogP) is 1.17. The van der Waals surface area contributed by atoms with E-state index in [0.717, 1.165) is 31.5 Å². The molecule has 3 heteroatoms. The maximum absolute atomic E-state index is 9.32. The minimum atomic E-state index is -0.357. The Labute approximate surface area is 79.5 Å². The zero-order valence-corrected chi connectivity index (χ0v) is 8.59. The van der Waals surface area contributed by atoms with Crippen molar-refractivity contribution in [1.29, 1.82) is 0 Å². The fraction of sp³-hybridized carbons (Fsp3) is 1.00. The fourth-order valence-corrected chi connectivity index (χ4v) is 1.84. The molecule has 0 aliphatic carbocycles. The average Bonchev–Trinajstić information content (AvgIpc) is 2.31. The third-order valence-corrected chi connectivity index (χ3v) is 3.07. The smallest absolute Gasteiger partial charge is 0.0802 e. The average molecular weight is 192 g/mol. The summed E-state index contributed by atoms with van der Waals surface area (Å²) in [5.74, 6) is 1.86. The van der Waals surface area contributed by atoms with Crippen molar-refractivity contribution in [3.8, 4) is 0 Å². The van der Waals surface area contributed by atoms with Gasteiger partial charge in [0.1, 0.15) is 0 Å². The van der Waals surface area contributed by atoms with E-state index in [1.54, 1.807) is 0 Å². The van der Waals surface area contributed by atoms with Gasteiger partial charge in [0.25, 0.3) is 0 Å². The lowest BCUT2D eigenvalue weighted by Crippen LogP contribution is -2.31. The summed E-state index contributed by atoms with van der Waals surface area (Å²) in [6.07, 6.45) is -0.357. The Morgan fingerprint density at radius 2 is 1.92 bits per heavy atom. The van der Waals surface area contributed by atoms with Crippen LogP contribution in [0.15, 0.2) is 0 Å². The molecular weight excluding hydrogens is 174 g/mol. The number of halogens is 1. The molecule has 1 saturated heterocycles. The molecule has 1 N–H and O–H groups in total. The highest BCUT2D eigenvalue weighted by Gasteiger charge is 2.26. The monoisotopic (exact) mass is 191 g/mol. The molecular formula is C9H18ClNO. The van der Waals surface area contributed by atoms with Crippen molar-refractivity contribution in [2.24, 2.45) is 11.8 Å². The van der Waals surface area contributed by atoms with E-state index in [1.165, 1.54) is 0 Å². The standard InChI is InChI=1S/C9H18ClNO/c1-7-4-11(5-8(7)2)6-9(12)3-10/h7-9,12H,3-6H2,1-2H3. The summed E-state index contributed by atoms with van der Waals surface area (Å²) in [6.45, 7) is 7.47. The lowest BCUT2D eigenvalue weighted by Gasteiger charge is -2.17. The zero-order chi connectivity index (χ0) is 9.14. The van der Waals surface area contributed by atoms with Crippen LogP contribution >= 0.6 is 11.6 Å². The van der Waals surface area contributed by atoms with Crippen LogP contribution in [0.4, 0.5) is 0 Å². The van der Waals surface area contributed by atoms with Crippen molar-refractivity contribution in [2.75, 3.05) is 25.5 Å². The largest absolute Gasteiger partial charge is 0.391 e. The van der Waals surface area contributed by atoms with E-state index in [1.807, 2.05) is 0 Å². The second-order valence-electron chi connectivity index (χ2n) is 3.98. The van der Waals surface area contributed by atoms with Gasteiger partial charge in [0.2, 0.25) is 0 Å². The topological polar surface area (TPSA) is 23.5 Å². The summed E-state index contributed by atoms with van der Waals surface area (Å²) in [4.78, 5) is 2.29. The van der Waals surface area contributed by atoms with Crippen LogP contribution in [-0.4, -0.2) is 41.6 Å². The van der Waals surface area contributed by atoms with Crippen molar-refractivity contribution in [3.05, 3.63) is 0 Å². The van der Waals surface area contributed by atoms with Crippen molar-refractivity contribution in [2.45, 2.75) is 20.0 Å². The van der Waals surface area contributed by atoms with Crippen LogP contribution in [0.5, 0.6) is 0 Å². The van der Waals surface area contributed by atoms with E-state index in [0.29, 0.717) is 5.88 Å². The first-order valence-corrected chi connectivity index (χ1v) is 5.13. The molecule has 1 aliphatic rings. The third kappa shape index (κ3) is 2.61. The van der Waals surface area contributed by atoms with Crippen molar-refractivity contribution < 1.29 is 5.11 Å². The second-order valence-corrected chi connectivity index (χ2v) is 4.29. The third-order valence-electron chi connectivity index (χ3n) is 2.71. The summed E-state index contributed by atoms with van der Waals surface area (Å²) in [7, 11) is 0. The Hall–Kier alpha value is 0.210. The first-order chi connectivity index (χ1) is 5.63. The van der Waals surface area contributed by atoms with Gasteiger partial charge in [-0.2, -0.15) is 0 Å². The van der Waals surface area contributed by atoms with Gasteiger partial charge < -0.3 is 10.0 Å². The lowest BCUT2D eigenvalue weighted by atomic mass is 10.0. The molecule has 0 aromatic heterocycles. The van der Waals surface area contributed by atoms with Crippen molar-refractivity contribution in [1.82, 2.24) is 4.90 Å². The number of β-amino-alcohol motifs (C(OH)–C–C–N with tert-alkyl or cyclic N) is 1. The number of aliphatic hydroxyl groups excluding tert-OH is 1. The van der Waals surface area contributed by atoms with Gasteiger partial charge in [0.15, 0.2) is 0 Å². The highest BCUT2D eigenvalue weighted by Crippen LogP contribution is 2.21. The molecule has 1 aliphatic heterocycles. The van der Waals surface area contributed by atoms with Gasteiger partial charge in [-0.3, -0.25) is 0 Å². The maximum atomic E-state index is 9.32. The van der Waals surface area contributed by atoms with Gasteiger partial charge >= 0.3 is 0 Å². The predicted molar refractivity (Wildman–Crippen MR) is 51.5 cm³/mol. The Kier molecular flexibility index (Phi) is 3.81. The van der Waals surface area contributed by atoms with Gasteiger partial charge in [-0.15, -0.1) is 11.6 Å². The van der Waals surface area contributed by atoms with Crippen LogP contribution in [0.2, 0.25) is 0 Å². The SMILES string of the molecule is CC1CN(CC(O)CCl)CC1C. The minimum Gasteiger partial charge on any atom is -0.391 e. The van der Waals surface area contributed by atoms with E-state index >= 15 is 0 Å². The molecule has 1 rings (SSSR count). The summed E-state index contributed by atoms with van der Waals surface area (Å²) < 4.78 is 0. The van der Waals surface area contributed by atoms with Gasteiger partial charge in [-0.25, -0.2) is 0 Å². The van der Waals surface area contributed by atoms with Crippen LogP contribution in [-0.2, 0) is 0 Å². The van der Waals surface area contributed by atoms with Gasteiger partial charge in [-0.1, -0.05) is 13.8 Å². The second kappa shape index (κ2) is 4.45. The number of hydrogen-bond donors (Lipinski definition) is 1. The normalized spacial score (nSPS) is 34.0. The van der Waals surface area contributed by atoms with Crippen LogP contribution in [0.25, 0.3) is 0 Å². The molecule has 2 nitrogen and oxygen atoms in total. The maximum Gasteiger partial charge on any atom is 0.0802 e. The molecule has 0 aromatic rings. The molecule has 0 spiro atoms. The number of alkyl halides is 1. The number of likely N-dealkylation sites (tertiary alicyclic amines) is 1. The highest BCUT2D eigenvalue weighted by atomic mass is 35.5. The molecule has 1 heterocycles. The van der Waals surface area contributed by atoms with Crippen LogP contribution in [0.1, 0.15) is 13.8 Å². The van der Waals surface area contributed by atoms with E-state index < -0.39 is 0 Å². The molecule has 0 aromatic carbocycles. The summed E-state index contributed by atoms with van der Waals surface area (Å²) in [5, 5.41) is 9.32. The van der Waals surface area contributed by atoms with Crippen molar-refractivity contribution in [3.63, 3.8) is 0 Å². The molecule has 1 fully saturated rings. The summed E-state index contributed by atoms with van der Waals surface area (Å²) in [6, 6.07) is 0. The molecule has 3 unspecified atom stereocenters. The van der Waals surface area contributed by atoms with E-state index in [4.69, 9.17) is 11.6 Å². The number of aliphatic hydroxyl groups is 1. The Balaban J connectivity index is 2.27. The molecule has 72 valence electrons. The Morgan fingerprint density at radius 1 is 1.42 bits per heavy atom. The Bertz CT molecular complexity index is 132. The molecule has 0 amide bonds. The summed E-state index contributed by atoms with van der Waals surface area (Å²) in [5.41, 5.74) is 0. The van der Waals surface area contributed by atoms with E-state index in [-0.39, 0.29) is 6.10 Å². The molecule has 0 saturated carbocycles. The number of rotatable bonds is 3. The first-order valence-electron chi connectivity index (χ1n) is 4.60. The van der Waals surface area contributed by atoms with Gasteiger partial charge in [0, 0.05) is 25.5 Å². The number of hydrogen-bond acceptors (Lipinski definition) is 2. The highest BCUT2D eigenvalue weighted by molar-refractivity contribution is 6.18. The van der Waals surface area contributed by atoms with Crippen LogP contribution in [0, 0.1) is 11.8 Å². The quantitative estimate of drug-likeness (QED) is 0.678. The molecule has 0 bridgehead atoms. The first kappa shape index (κ1) is 10.3. The van der Waals surface area contributed by atoms with E-state index in [9.17, 15) is 5.11 Å².